The fraction of sp³-hybridized carbons (Fsp3) is 0.308. The maximum Gasteiger partial charge on any atom is 0.291 e. The molecule has 3 aromatic heterocycles. The summed E-state index contributed by atoms with van der Waals surface area (Å²) < 4.78 is 3.27. The number of carbonyl (C=O) groups is 1. The van der Waals surface area contributed by atoms with Crippen molar-refractivity contribution in [3.63, 3.8) is 0 Å². The Labute approximate surface area is 120 Å². The van der Waals surface area contributed by atoms with E-state index in [4.69, 9.17) is 0 Å². The van der Waals surface area contributed by atoms with E-state index in [1.54, 1.807) is 18.5 Å². The second-order valence-corrected chi connectivity index (χ2v) is 4.59. The van der Waals surface area contributed by atoms with E-state index < -0.39 is 0 Å². The first-order valence-corrected chi connectivity index (χ1v) is 6.69. The minimum absolute atomic E-state index is 0.0930. The van der Waals surface area contributed by atoms with E-state index in [1.165, 1.54) is 4.52 Å². The van der Waals surface area contributed by atoms with E-state index >= 15 is 0 Å². The summed E-state index contributed by atoms with van der Waals surface area (Å²) in [5.41, 5.74) is 0.798. The number of fused-ring (bicyclic) bond motifs is 1. The van der Waals surface area contributed by atoms with Gasteiger partial charge in [-0.25, -0.2) is 9.50 Å². The van der Waals surface area contributed by atoms with E-state index in [1.807, 2.05) is 30.8 Å². The van der Waals surface area contributed by atoms with E-state index in [0.29, 0.717) is 5.78 Å². The van der Waals surface area contributed by atoms with Gasteiger partial charge >= 0.3 is 0 Å². The van der Waals surface area contributed by atoms with Crippen molar-refractivity contribution in [1.29, 1.82) is 0 Å². The summed E-state index contributed by atoms with van der Waals surface area (Å²) in [5.74, 6) is 0.139. The Morgan fingerprint density at radius 3 is 2.95 bits per heavy atom. The van der Waals surface area contributed by atoms with Crippen LogP contribution in [-0.4, -0.2) is 35.3 Å². The topological polar surface area (TPSA) is 90.0 Å². The summed E-state index contributed by atoms with van der Waals surface area (Å²) in [5, 5.41) is 11.3. The number of carbonyl (C=O) groups excluding carboxylic acids is 1. The molecule has 0 bridgehead atoms. The number of aromatic nitrogens is 6. The van der Waals surface area contributed by atoms with Crippen LogP contribution in [0.3, 0.4) is 0 Å². The van der Waals surface area contributed by atoms with Crippen LogP contribution in [0, 0.1) is 0 Å². The van der Waals surface area contributed by atoms with Gasteiger partial charge < -0.3 is 5.32 Å². The van der Waals surface area contributed by atoms with Gasteiger partial charge in [0.2, 0.25) is 5.82 Å². The Hall–Kier alpha value is -2.77. The van der Waals surface area contributed by atoms with Gasteiger partial charge in [-0.05, 0) is 26.0 Å². The van der Waals surface area contributed by atoms with Gasteiger partial charge in [0.25, 0.3) is 11.7 Å². The number of aryl methyl sites for hydroxylation is 1. The molecule has 0 spiro atoms. The normalized spacial score (nSPS) is 12.5. The zero-order valence-corrected chi connectivity index (χ0v) is 11.8. The van der Waals surface area contributed by atoms with Gasteiger partial charge in [0.05, 0.1) is 11.7 Å². The average Bonchev–Trinajstić information content (AvgIpc) is 3.13. The highest BCUT2D eigenvalue weighted by atomic mass is 16.2. The van der Waals surface area contributed by atoms with Gasteiger partial charge in [-0.3, -0.25) is 9.48 Å². The lowest BCUT2D eigenvalue weighted by Crippen LogP contribution is -2.28. The summed E-state index contributed by atoms with van der Waals surface area (Å²) in [6, 6.07) is 3.39. The third-order valence-corrected chi connectivity index (χ3v) is 3.10. The monoisotopic (exact) mass is 285 g/mol. The molecule has 3 aromatic rings. The molecule has 8 heteroatoms. The zero-order chi connectivity index (χ0) is 14.8. The van der Waals surface area contributed by atoms with Gasteiger partial charge in [0.1, 0.15) is 0 Å². The Morgan fingerprint density at radius 1 is 1.38 bits per heavy atom. The number of hydrogen-bond acceptors (Lipinski definition) is 5. The molecule has 3 rings (SSSR count). The zero-order valence-electron chi connectivity index (χ0n) is 11.8. The first-order chi connectivity index (χ1) is 10.2. The van der Waals surface area contributed by atoms with Crippen molar-refractivity contribution >= 4 is 11.7 Å². The lowest BCUT2D eigenvalue weighted by molar-refractivity contribution is 0.0928. The molecule has 0 aromatic carbocycles. The SMILES string of the molecule is CCn1ccc([C@@H](C)NC(=O)c2nc3ncccn3n2)n1. The molecular formula is C13H15N7O. The third-order valence-electron chi connectivity index (χ3n) is 3.10. The molecule has 0 unspecified atom stereocenters. The van der Waals surface area contributed by atoms with Crippen LogP contribution in [0.1, 0.15) is 36.2 Å². The van der Waals surface area contributed by atoms with Crippen LogP contribution in [0.5, 0.6) is 0 Å². The fourth-order valence-electron chi connectivity index (χ4n) is 1.95. The van der Waals surface area contributed by atoms with Crippen molar-refractivity contribution in [1.82, 2.24) is 34.7 Å². The number of nitrogens with one attached hydrogen (secondary N) is 1. The predicted molar refractivity (Wildman–Crippen MR) is 74.6 cm³/mol. The molecule has 3 heterocycles. The van der Waals surface area contributed by atoms with Crippen molar-refractivity contribution in [2.24, 2.45) is 0 Å². The standard InChI is InChI=1S/C13H15N7O/c1-3-19-8-5-10(17-19)9(2)15-12(21)11-16-13-14-6-4-7-20(13)18-11/h4-9H,3H2,1-2H3,(H,15,21)/t9-/m1/s1. The Morgan fingerprint density at radius 2 is 2.24 bits per heavy atom. The molecule has 0 aliphatic carbocycles. The highest BCUT2D eigenvalue weighted by Crippen LogP contribution is 2.10. The van der Waals surface area contributed by atoms with Crippen LogP contribution in [-0.2, 0) is 6.54 Å². The molecule has 0 saturated carbocycles. The minimum Gasteiger partial charge on any atom is -0.341 e. The molecule has 1 amide bonds. The first kappa shape index (κ1) is 13.2. The average molecular weight is 285 g/mol. The molecule has 21 heavy (non-hydrogen) atoms. The minimum atomic E-state index is -0.348. The maximum absolute atomic E-state index is 12.2. The summed E-state index contributed by atoms with van der Waals surface area (Å²) in [7, 11) is 0. The van der Waals surface area contributed by atoms with Crippen molar-refractivity contribution in [2.75, 3.05) is 0 Å². The molecule has 1 N–H and O–H groups in total. The van der Waals surface area contributed by atoms with E-state index in [0.717, 1.165) is 12.2 Å². The highest BCUT2D eigenvalue weighted by molar-refractivity contribution is 5.91. The molecule has 8 nitrogen and oxygen atoms in total. The molecule has 108 valence electrons. The van der Waals surface area contributed by atoms with E-state index in [9.17, 15) is 4.79 Å². The summed E-state index contributed by atoms with van der Waals surface area (Å²) in [6.07, 6.45) is 5.18. The van der Waals surface area contributed by atoms with Crippen molar-refractivity contribution < 1.29 is 4.79 Å². The lowest BCUT2D eigenvalue weighted by atomic mass is 10.2. The van der Waals surface area contributed by atoms with E-state index in [-0.39, 0.29) is 17.8 Å². The Kier molecular flexibility index (Phi) is 3.35. The molecule has 0 fully saturated rings. The molecule has 0 radical (unpaired) electrons. The predicted octanol–water partition coefficient (Wildman–Crippen LogP) is 0.832. The van der Waals surface area contributed by atoms with Crippen molar-refractivity contribution in [2.45, 2.75) is 26.4 Å². The first-order valence-electron chi connectivity index (χ1n) is 6.69. The van der Waals surface area contributed by atoms with Crippen molar-refractivity contribution in [3.05, 3.63) is 42.2 Å². The molecule has 0 aliphatic heterocycles. The van der Waals surface area contributed by atoms with E-state index in [2.05, 4.69) is 25.5 Å². The highest BCUT2D eigenvalue weighted by Gasteiger charge is 2.17. The Bertz CT molecular complexity index is 743. The maximum atomic E-state index is 12.2. The largest absolute Gasteiger partial charge is 0.341 e. The number of amides is 1. The van der Waals surface area contributed by atoms with Gasteiger partial charge in [-0.1, -0.05) is 0 Å². The van der Waals surface area contributed by atoms with Crippen LogP contribution in [0.25, 0.3) is 5.78 Å². The van der Waals surface area contributed by atoms with Crippen LogP contribution in [0.2, 0.25) is 0 Å². The quantitative estimate of drug-likeness (QED) is 0.767. The molecule has 0 saturated heterocycles. The number of hydrogen-bond donors (Lipinski definition) is 1. The molecular weight excluding hydrogens is 270 g/mol. The number of nitrogens with zero attached hydrogens (tertiary/aromatic N) is 6. The summed E-state index contributed by atoms with van der Waals surface area (Å²) in [6.45, 7) is 4.67. The van der Waals surface area contributed by atoms with Gasteiger partial charge in [0, 0.05) is 25.1 Å². The fourth-order valence-corrected chi connectivity index (χ4v) is 1.95. The second kappa shape index (κ2) is 5.31. The van der Waals surface area contributed by atoms with Gasteiger partial charge in [0.15, 0.2) is 0 Å². The number of rotatable bonds is 4. The lowest BCUT2D eigenvalue weighted by Gasteiger charge is -2.09. The van der Waals surface area contributed by atoms with Gasteiger partial charge in [-0.15, -0.1) is 5.10 Å². The van der Waals surface area contributed by atoms with Crippen LogP contribution in [0.15, 0.2) is 30.7 Å². The van der Waals surface area contributed by atoms with Crippen LogP contribution < -0.4 is 5.32 Å². The van der Waals surface area contributed by atoms with Crippen LogP contribution >= 0.6 is 0 Å². The third kappa shape index (κ3) is 2.60. The second-order valence-electron chi connectivity index (χ2n) is 4.59. The van der Waals surface area contributed by atoms with Gasteiger partial charge in [-0.2, -0.15) is 10.1 Å². The molecule has 1 atom stereocenters. The summed E-state index contributed by atoms with van der Waals surface area (Å²) in [4.78, 5) is 20.3. The Balaban J connectivity index is 1.75. The summed E-state index contributed by atoms with van der Waals surface area (Å²) >= 11 is 0. The molecule has 0 aliphatic rings. The van der Waals surface area contributed by atoms with Crippen molar-refractivity contribution in [3.8, 4) is 0 Å². The van der Waals surface area contributed by atoms with Crippen LogP contribution in [0.4, 0.5) is 0 Å². The smallest absolute Gasteiger partial charge is 0.291 e.